The first-order valence-corrected chi connectivity index (χ1v) is 6.50. The molecule has 0 spiro atoms. The van der Waals surface area contributed by atoms with E-state index in [-0.39, 0.29) is 5.56 Å². The van der Waals surface area contributed by atoms with Crippen molar-refractivity contribution in [3.8, 4) is 0 Å². The van der Waals surface area contributed by atoms with E-state index in [0.717, 1.165) is 5.69 Å². The van der Waals surface area contributed by atoms with E-state index in [1.165, 1.54) is 4.68 Å². The lowest BCUT2D eigenvalue weighted by Gasteiger charge is -2.09. The summed E-state index contributed by atoms with van der Waals surface area (Å²) in [7, 11) is 1.87. The van der Waals surface area contributed by atoms with E-state index in [2.05, 4.69) is 38.0 Å². The third kappa shape index (κ3) is 2.93. The van der Waals surface area contributed by atoms with Crippen LogP contribution >= 0.6 is 15.9 Å². The molecule has 6 nitrogen and oxygen atoms in total. The van der Waals surface area contributed by atoms with E-state index >= 15 is 0 Å². The van der Waals surface area contributed by atoms with Crippen molar-refractivity contribution < 1.29 is 0 Å². The number of aryl methyl sites for hydroxylation is 1. The standard InChI is InChI=1S/C12H14BrN5O/c1-3-6-18-12(19)11(13)10(8-16-18)14-7-9-4-5-15-17(9)2/h3-5,8,14H,1,6-7H2,2H3. The van der Waals surface area contributed by atoms with Gasteiger partial charge in [0.15, 0.2) is 0 Å². The van der Waals surface area contributed by atoms with E-state index in [9.17, 15) is 4.79 Å². The maximum Gasteiger partial charge on any atom is 0.283 e. The molecule has 1 N–H and O–H groups in total. The first-order valence-electron chi connectivity index (χ1n) is 5.70. The molecule has 0 amide bonds. The molecule has 0 unspecified atom stereocenters. The van der Waals surface area contributed by atoms with Crippen LogP contribution in [0.15, 0.2) is 40.4 Å². The van der Waals surface area contributed by atoms with Gasteiger partial charge in [0.05, 0.1) is 30.7 Å². The molecular weight excluding hydrogens is 310 g/mol. The van der Waals surface area contributed by atoms with Crippen LogP contribution in [-0.4, -0.2) is 19.6 Å². The lowest BCUT2D eigenvalue weighted by molar-refractivity contribution is 0.648. The molecule has 0 aliphatic heterocycles. The number of nitrogens with one attached hydrogen (secondary N) is 1. The number of anilines is 1. The molecule has 2 heterocycles. The second kappa shape index (κ2) is 5.83. The predicted molar refractivity (Wildman–Crippen MR) is 76.9 cm³/mol. The Bertz CT molecular complexity index is 646. The van der Waals surface area contributed by atoms with Crippen LogP contribution in [0.25, 0.3) is 0 Å². The molecule has 0 fully saturated rings. The minimum absolute atomic E-state index is 0.185. The molecule has 0 aliphatic carbocycles. The van der Waals surface area contributed by atoms with Crippen molar-refractivity contribution in [2.75, 3.05) is 5.32 Å². The van der Waals surface area contributed by atoms with Crippen molar-refractivity contribution in [2.45, 2.75) is 13.1 Å². The van der Waals surface area contributed by atoms with Crippen molar-refractivity contribution >= 4 is 21.6 Å². The Hall–Kier alpha value is -1.89. The molecule has 7 heteroatoms. The number of halogens is 1. The largest absolute Gasteiger partial charge is 0.377 e. The fourth-order valence-corrected chi connectivity index (χ4v) is 2.05. The van der Waals surface area contributed by atoms with Crippen LogP contribution in [0.5, 0.6) is 0 Å². The Morgan fingerprint density at radius 1 is 1.53 bits per heavy atom. The zero-order valence-corrected chi connectivity index (χ0v) is 12.1. The smallest absolute Gasteiger partial charge is 0.283 e. The van der Waals surface area contributed by atoms with E-state index in [1.54, 1.807) is 23.2 Å². The highest BCUT2D eigenvalue weighted by Gasteiger charge is 2.08. The Morgan fingerprint density at radius 3 is 2.95 bits per heavy atom. The Balaban J connectivity index is 2.18. The Kier molecular flexibility index (Phi) is 4.16. The molecule has 0 saturated carbocycles. The van der Waals surface area contributed by atoms with Crippen LogP contribution in [0.1, 0.15) is 5.69 Å². The minimum Gasteiger partial charge on any atom is -0.377 e. The maximum absolute atomic E-state index is 12.0. The second-order valence-electron chi connectivity index (χ2n) is 3.95. The molecule has 0 atom stereocenters. The van der Waals surface area contributed by atoms with Gasteiger partial charge in [-0.3, -0.25) is 9.48 Å². The number of allylic oxidation sites excluding steroid dienone is 1. The van der Waals surface area contributed by atoms with Gasteiger partial charge in [-0.2, -0.15) is 10.2 Å². The number of aromatic nitrogens is 4. The topological polar surface area (TPSA) is 64.7 Å². The number of hydrogen-bond acceptors (Lipinski definition) is 4. The van der Waals surface area contributed by atoms with E-state index in [0.29, 0.717) is 23.2 Å². The van der Waals surface area contributed by atoms with Crippen molar-refractivity contribution in [3.63, 3.8) is 0 Å². The molecule has 100 valence electrons. The fourth-order valence-electron chi connectivity index (χ4n) is 1.60. The highest BCUT2D eigenvalue weighted by molar-refractivity contribution is 9.10. The number of nitrogens with zero attached hydrogens (tertiary/aromatic N) is 4. The summed E-state index contributed by atoms with van der Waals surface area (Å²) in [5, 5.41) is 11.3. The third-order valence-electron chi connectivity index (χ3n) is 2.67. The summed E-state index contributed by atoms with van der Waals surface area (Å²) in [5.41, 5.74) is 1.49. The number of hydrogen-bond donors (Lipinski definition) is 1. The number of rotatable bonds is 5. The monoisotopic (exact) mass is 323 g/mol. The summed E-state index contributed by atoms with van der Waals surface area (Å²) in [6.07, 6.45) is 4.97. The van der Waals surface area contributed by atoms with Gasteiger partial charge in [-0.25, -0.2) is 4.68 Å². The van der Waals surface area contributed by atoms with Gasteiger partial charge >= 0.3 is 0 Å². The summed E-state index contributed by atoms with van der Waals surface area (Å²) < 4.78 is 3.58. The van der Waals surface area contributed by atoms with Gasteiger partial charge in [-0.1, -0.05) is 6.08 Å². The van der Waals surface area contributed by atoms with E-state index in [4.69, 9.17) is 0 Å². The van der Waals surface area contributed by atoms with Crippen LogP contribution in [0.2, 0.25) is 0 Å². The molecule has 0 radical (unpaired) electrons. The van der Waals surface area contributed by atoms with Crippen LogP contribution < -0.4 is 10.9 Å². The van der Waals surface area contributed by atoms with Crippen molar-refractivity contribution in [2.24, 2.45) is 7.05 Å². The van der Waals surface area contributed by atoms with Gasteiger partial charge in [0, 0.05) is 13.2 Å². The van der Waals surface area contributed by atoms with Gasteiger partial charge in [0.25, 0.3) is 5.56 Å². The van der Waals surface area contributed by atoms with Gasteiger partial charge < -0.3 is 5.32 Å². The summed E-state index contributed by atoms with van der Waals surface area (Å²) >= 11 is 3.29. The molecule has 0 saturated heterocycles. The van der Waals surface area contributed by atoms with Crippen molar-refractivity contribution in [1.82, 2.24) is 19.6 Å². The molecule has 2 aromatic rings. The van der Waals surface area contributed by atoms with Gasteiger partial charge in [0.1, 0.15) is 4.47 Å². The third-order valence-corrected chi connectivity index (χ3v) is 3.44. The fraction of sp³-hybridized carbons (Fsp3) is 0.250. The summed E-state index contributed by atoms with van der Waals surface area (Å²) in [5.74, 6) is 0. The quantitative estimate of drug-likeness (QED) is 0.848. The first kappa shape index (κ1) is 13.5. The lowest BCUT2D eigenvalue weighted by Crippen LogP contribution is -2.24. The van der Waals surface area contributed by atoms with Crippen LogP contribution in [-0.2, 0) is 20.1 Å². The summed E-state index contributed by atoms with van der Waals surface area (Å²) in [6, 6.07) is 1.91. The Labute approximate surface area is 118 Å². The van der Waals surface area contributed by atoms with Crippen LogP contribution in [0.4, 0.5) is 5.69 Å². The Morgan fingerprint density at radius 2 is 2.32 bits per heavy atom. The zero-order chi connectivity index (χ0) is 13.8. The normalized spacial score (nSPS) is 10.4. The van der Waals surface area contributed by atoms with Crippen LogP contribution in [0.3, 0.4) is 0 Å². The zero-order valence-electron chi connectivity index (χ0n) is 10.5. The van der Waals surface area contributed by atoms with Crippen molar-refractivity contribution in [1.29, 1.82) is 0 Å². The predicted octanol–water partition coefficient (Wildman–Crippen LogP) is 1.54. The average Bonchev–Trinajstić information content (AvgIpc) is 2.80. The first-order chi connectivity index (χ1) is 9.13. The van der Waals surface area contributed by atoms with Gasteiger partial charge in [-0.15, -0.1) is 6.58 Å². The molecular formula is C12H14BrN5O. The van der Waals surface area contributed by atoms with Gasteiger partial charge in [0.2, 0.25) is 0 Å². The SMILES string of the molecule is C=CCn1ncc(NCc2ccnn2C)c(Br)c1=O. The minimum atomic E-state index is -0.185. The maximum atomic E-state index is 12.0. The van der Waals surface area contributed by atoms with E-state index in [1.807, 2.05) is 13.1 Å². The van der Waals surface area contributed by atoms with E-state index < -0.39 is 0 Å². The molecule has 2 aromatic heterocycles. The molecule has 0 aliphatic rings. The summed E-state index contributed by atoms with van der Waals surface area (Å²) in [4.78, 5) is 12.0. The van der Waals surface area contributed by atoms with Crippen LogP contribution in [0, 0.1) is 0 Å². The highest BCUT2D eigenvalue weighted by Crippen LogP contribution is 2.16. The average molecular weight is 324 g/mol. The molecule has 19 heavy (non-hydrogen) atoms. The van der Waals surface area contributed by atoms with Crippen molar-refractivity contribution in [3.05, 3.63) is 51.6 Å². The lowest BCUT2D eigenvalue weighted by atomic mass is 10.4. The highest BCUT2D eigenvalue weighted by atomic mass is 79.9. The molecule has 0 aromatic carbocycles. The molecule has 2 rings (SSSR count). The molecule has 0 bridgehead atoms. The second-order valence-corrected chi connectivity index (χ2v) is 4.74. The summed E-state index contributed by atoms with van der Waals surface area (Å²) in [6.45, 7) is 4.55. The van der Waals surface area contributed by atoms with Gasteiger partial charge in [-0.05, 0) is 22.0 Å².